The van der Waals surface area contributed by atoms with E-state index in [1.54, 1.807) is 29.4 Å². The Hall–Kier alpha value is -2.41. The molecule has 1 aliphatic rings. The first kappa shape index (κ1) is 17.0. The van der Waals surface area contributed by atoms with Crippen molar-refractivity contribution in [1.29, 1.82) is 0 Å². The van der Waals surface area contributed by atoms with Gasteiger partial charge < -0.3 is 20.9 Å². The second-order valence-corrected chi connectivity index (χ2v) is 5.45. The zero-order valence-electron chi connectivity index (χ0n) is 13.3. The molecule has 1 heterocycles. The van der Waals surface area contributed by atoms with E-state index in [1.807, 2.05) is 12.1 Å². The Morgan fingerprint density at radius 2 is 1.96 bits per heavy atom. The number of rotatable bonds is 7. The van der Waals surface area contributed by atoms with Crippen molar-refractivity contribution in [3.8, 4) is 0 Å². The number of carbonyl (C=O) groups is 3. The number of hydrogen-bond acceptors (Lipinski definition) is 3. The number of anilines is 2. The summed E-state index contributed by atoms with van der Waals surface area (Å²) in [6, 6.07) is 7.28. The maximum atomic E-state index is 11.8. The molecule has 3 amide bonds. The summed E-state index contributed by atoms with van der Waals surface area (Å²) in [5.41, 5.74) is 1.57. The fourth-order valence-electron chi connectivity index (χ4n) is 2.44. The summed E-state index contributed by atoms with van der Waals surface area (Å²) in [5.74, 6) is -0.00551. The highest BCUT2D eigenvalue weighted by molar-refractivity contribution is 5.96. The van der Waals surface area contributed by atoms with E-state index in [4.69, 9.17) is 0 Å². The van der Waals surface area contributed by atoms with Crippen LogP contribution in [0.1, 0.15) is 19.3 Å². The molecular weight excluding hydrogens is 296 g/mol. The highest BCUT2D eigenvalue weighted by Gasteiger charge is 2.21. The summed E-state index contributed by atoms with van der Waals surface area (Å²) in [5, 5.41) is 7.13. The molecule has 1 aromatic carbocycles. The van der Waals surface area contributed by atoms with Gasteiger partial charge in [-0.15, -0.1) is 0 Å². The standard InChI is InChI=1S/C16H22N4O3/c1-17-15(22)11-18-9-8-14(21)19-12-4-6-13(7-5-12)20-10-2-3-16(20)23/h4-7,18H,2-3,8-11H2,1H3,(H,17,22)(H,19,21)/p+1. The Labute approximate surface area is 135 Å². The van der Waals surface area contributed by atoms with Crippen LogP contribution in [0.25, 0.3) is 0 Å². The number of benzene rings is 1. The monoisotopic (exact) mass is 319 g/mol. The van der Waals surface area contributed by atoms with Crippen LogP contribution in [0, 0.1) is 0 Å². The van der Waals surface area contributed by atoms with E-state index in [-0.39, 0.29) is 17.7 Å². The minimum Gasteiger partial charge on any atom is -0.354 e. The highest BCUT2D eigenvalue weighted by atomic mass is 16.2. The summed E-state index contributed by atoms with van der Waals surface area (Å²) in [7, 11) is 1.59. The van der Waals surface area contributed by atoms with Gasteiger partial charge in [0.05, 0.1) is 13.0 Å². The van der Waals surface area contributed by atoms with Gasteiger partial charge in [0.1, 0.15) is 0 Å². The van der Waals surface area contributed by atoms with E-state index in [0.29, 0.717) is 31.6 Å². The number of likely N-dealkylation sites (N-methyl/N-ethyl adjacent to an activating group) is 1. The molecule has 0 atom stereocenters. The van der Waals surface area contributed by atoms with Crippen LogP contribution in [0.5, 0.6) is 0 Å². The lowest BCUT2D eigenvalue weighted by Crippen LogP contribution is -2.86. The molecule has 124 valence electrons. The normalized spacial score (nSPS) is 14.0. The Morgan fingerprint density at radius 1 is 1.22 bits per heavy atom. The van der Waals surface area contributed by atoms with Crippen LogP contribution in [-0.4, -0.2) is 44.4 Å². The van der Waals surface area contributed by atoms with Gasteiger partial charge >= 0.3 is 0 Å². The van der Waals surface area contributed by atoms with Gasteiger partial charge in [0.2, 0.25) is 11.8 Å². The molecule has 1 fully saturated rings. The van der Waals surface area contributed by atoms with Crippen LogP contribution in [0.3, 0.4) is 0 Å². The molecular formula is C16H23N4O3+. The molecule has 7 heteroatoms. The summed E-state index contributed by atoms with van der Waals surface area (Å²) in [6.07, 6.45) is 1.83. The number of nitrogens with zero attached hydrogens (tertiary/aromatic N) is 1. The third-order valence-electron chi connectivity index (χ3n) is 3.72. The van der Waals surface area contributed by atoms with Crippen LogP contribution in [-0.2, 0) is 14.4 Å². The smallest absolute Gasteiger partial charge is 0.274 e. The van der Waals surface area contributed by atoms with Gasteiger partial charge in [-0.05, 0) is 30.7 Å². The molecule has 0 radical (unpaired) electrons. The van der Waals surface area contributed by atoms with Gasteiger partial charge in [0.15, 0.2) is 6.54 Å². The van der Waals surface area contributed by atoms with E-state index >= 15 is 0 Å². The molecule has 0 spiro atoms. The van der Waals surface area contributed by atoms with Crippen molar-refractivity contribution in [2.45, 2.75) is 19.3 Å². The van der Waals surface area contributed by atoms with Crippen molar-refractivity contribution >= 4 is 29.1 Å². The molecule has 0 aliphatic carbocycles. The molecule has 0 unspecified atom stereocenters. The molecule has 0 saturated carbocycles. The van der Waals surface area contributed by atoms with Crippen molar-refractivity contribution in [3.05, 3.63) is 24.3 Å². The quantitative estimate of drug-likeness (QED) is 0.589. The van der Waals surface area contributed by atoms with Crippen molar-refractivity contribution in [2.75, 3.05) is 36.9 Å². The summed E-state index contributed by atoms with van der Waals surface area (Å²) in [6.45, 7) is 1.63. The second-order valence-electron chi connectivity index (χ2n) is 5.45. The number of carbonyl (C=O) groups excluding carboxylic acids is 3. The Morgan fingerprint density at radius 3 is 2.57 bits per heavy atom. The minimum atomic E-state index is -0.0943. The predicted molar refractivity (Wildman–Crippen MR) is 87.0 cm³/mol. The van der Waals surface area contributed by atoms with Gasteiger partial charge in [0, 0.05) is 31.4 Å². The Balaban J connectivity index is 1.75. The number of nitrogens with one attached hydrogen (secondary N) is 2. The van der Waals surface area contributed by atoms with Gasteiger partial charge in [-0.3, -0.25) is 14.4 Å². The van der Waals surface area contributed by atoms with E-state index in [9.17, 15) is 14.4 Å². The van der Waals surface area contributed by atoms with Gasteiger partial charge in [-0.25, -0.2) is 0 Å². The van der Waals surface area contributed by atoms with Crippen LogP contribution in [0.2, 0.25) is 0 Å². The van der Waals surface area contributed by atoms with E-state index in [1.165, 1.54) is 0 Å². The molecule has 4 N–H and O–H groups in total. The fraction of sp³-hybridized carbons (Fsp3) is 0.438. The summed E-state index contributed by atoms with van der Waals surface area (Å²) >= 11 is 0. The third kappa shape index (κ3) is 5.07. The Kier molecular flexibility index (Phi) is 6.10. The third-order valence-corrected chi connectivity index (χ3v) is 3.72. The number of nitrogens with two attached hydrogens (primary N) is 1. The lowest BCUT2D eigenvalue weighted by atomic mass is 10.2. The first-order chi connectivity index (χ1) is 11.1. The molecule has 2 rings (SSSR count). The minimum absolute atomic E-state index is 0.0579. The molecule has 0 aromatic heterocycles. The zero-order chi connectivity index (χ0) is 16.7. The molecule has 7 nitrogen and oxygen atoms in total. The first-order valence-electron chi connectivity index (χ1n) is 7.82. The average Bonchev–Trinajstić information content (AvgIpc) is 2.98. The van der Waals surface area contributed by atoms with Crippen molar-refractivity contribution in [3.63, 3.8) is 0 Å². The largest absolute Gasteiger partial charge is 0.354 e. The maximum Gasteiger partial charge on any atom is 0.274 e. The van der Waals surface area contributed by atoms with E-state index in [0.717, 1.165) is 18.7 Å². The van der Waals surface area contributed by atoms with Crippen LogP contribution in [0.15, 0.2) is 24.3 Å². The van der Waals surface area contributed by atoms with E-state index < -0.39 is 0 Å². The number of amides is 3. The van der Waals surface area contributed by atoms with E-state index in [2.05, 4.69) is 10.6 Å². The lowest BCUT2D eigenvalue weighted by Gasteiger charge is -2.16. The first-order valence-corrected chi connectivity index (χ1v) is 7.82. The molecule has 1 aromatic rings. The number of hydrogen-bond donors (Lipinski definition) is 3. The summed E-state index contributed by atoms with van der Waals surface area (Å²) < 4.78 is 0. The van der Waals surface area contributed by atoms with Crippen LogP contribution < -0.4 is 20.9 Å². The highest BCUT2D eigenvalue weighted by Crippen LogP contribution is 2.22. The van der Waals surface area contributed by atoms with Gasteiger partial charge in [0.25, 0.3) is 5.91 Å². The lowest BCUT2D eigenvalue weighted by molar-refractivity contribution is -0.642. The number of quaternary nitrogens is 1. The molecule has 1 saturated heterocycles. The molecule has 1 aliphatic heterocycles. The Bertz CT molecular complexity index is 571. The van der Waals surface area contributed by atoms with Gasteiger partial charge in [-0.2, -0.15) is 0 Å². The van der Waals surface area contributed by atoms with Crippen LogP contribution in [0.4, 0.5) is 11.4 Å². The molecule has 23 heavy (non-hydrogen) atoms. The predicted octanol–water partition coefficient (Wildman–Crippen LogP) is -0.549. The average molecular weight is 319 g/mol. The maximum absolute atomic E-state index is 11.8. The fourth-order valence-corrected chi connectivity index (χ4v) is 2.44. The van der Waals surface area contributed by atoms with Crippen molar-refractivity contribution in [2.24, 2.45) is 0 Å². The zero-order valence-corrected chi connectivity index (χ0v) is 13.3. The van der Waals surface area contributed by atoms with Crippen molar-refractivity contribution in [1.82, 2.24) is 5.32 Å². The van der Waals surface area contributed by atoms with Crippen molar-refractivity contribution < 1.29 is 19.7 Å². The SMILES string of the molecule is CNC(=O)C[NH2+]CCC(=O)Nc1ccc(N2CCCC2=O)cc1. The summed E-state index contributed by atoms with van der Waals surface area (Å²) in [4.78, 5) is 36.3. The van der Waals surface area contributed by atoms with Crippen LogP contribution >= 0.6 is 0 Å². The van der Waals surface area contributed by atoms with Gasteiger partial charge in [-0.1, -0.05) is 0 Å². The molecule has 0 bridgehead atoms. The topological polar surface area (TPSA) is 95.1 Å². The second kappa shape index (κ2) is 8.28.